The quantitative estimate of drug-likeness (QED) is 0.573. The maximum atomic E-state index is 12.4. The monoisotopic (exact) mass is 448 g/mol. The number of nitrogens with one attached hydrogen (secondary N) is 2. The van der Waals surface area contributed by atoms with E-state index in [0.717, 1.165) is 17.5 Å². The molecule has 0 bridgehead atoms. The van der Waals surface area contributed by atoms with Crippen molar-refractivity contribution < 1.29 is 19.1 Å². The van der Waals surface area contributed by atoms with Gasteiger partial charge in [0.2, 0.25) is 0 Å². The van der Waals surface area contributed by atoms with Crippen LogP contribution in [-0.4, -0.2) is 19.1 Å². The van der Waals surface area contributed by atoms with Crippen molar-refractivity contribution in [1.82, 2.24) is 10.6 Å². The summed E-state index contributed by atoms with van der Waals surface area (Å²) in [5, 5.41) is 6.49. The number of amides is 2. The van der Waals surface area contributed by atoms with Crippen LogP contribution in [0.1, 0.15) is 36.9 Å². The average Bonchev–Trinajstić information content (AvgIpc) is 2.74. The van der Waals surface area contributed by atoms with Crippen LogP contribution in [0.2, 0.25) is 10.0 Å². The van der Waals surface area contributed by atoms with Gasteiger partial charge in [0, 0.05) is 5.70 Å². The van der Waals surface area contributed by atoms with Crippen LogP contribution in [0.3, 0.4) is 0 Å². The van der Waals surface area contributed by atoms with Gasteiger partial charge in [-0.1, -0.05) is 54.7 Å². The molecule has 3 rings (SSSR count). The Morgan fingerprint density at radius 2 is 1.83 bits per heavy atom. The lowest BCUT2D eigenvalue weighted by Crippen LogP contribution is -2.45. The number of allylic oxidation sites excluding steroid dienone is 1. The van der Waals surface area contributed by atoms with Crippen molar-refractivity contribution in [1.29, 1.82) is 0 Å². The van der Waals surface area contributed by atoms with Crippen LogP contribution in [0.5, 0.6) is 5.75 Å². The van der Waals surface area contributed by atoms with Crippen LogP contribution in [0.4, 0.5) is 4.79 Å². The second kappa shape index (κ2) is 9.87. The van der Waals surface area contributed by atoms with Gasteiger partial charge in [-0.2, -0.15) is 0 Å². The molecule has 0 aromatic heterocycles. The number of urea groups is 1. The first-order valence-corrected chi connectivity index (χ1v) is 10.2. The highest BCUT2D eigenvalue weighted by Crippen LogP contribution is 2.30. The van der Waals surface area contributed by atoms with E-state index in [9.17, 15) is 9.59 Å². The minimum absolute atomic E-state index is 0.328. The van der Waals surface area contributed by atoms with E-state index < -0.39 is 12.0 Å². The molecule has 1 aliphatic heterocycles. The Morgan fingerprint density at radius 3 is 2.47 bits per heavy atom. The van der Waals surface area contributed by atoms with E-state index in [1.54, 1.807) is 24.3 Å². The Labute approximate surface area is 185 Å². The molecule has 0 saturated heterocycles. The zero-order valence-electron chi connectivity index (χ0n) is 16.6. The Morgan fingerprint density at radius 1 is 1.10 bits per heavy atom. The summed E-state index contributed by atoms with van der Waals surface area (Å²) in [5.41, 5.74) is 2.63. The number of carbonyl (C=O) groups excluding carboxylic acids is 2. The lowest BCUT2D eigenvalue weighted by Gasteiger charge is -2.29. The molecule has 1 unspecified atom stereocenters. The molecule has 2 amide bonds. The van der Waals surface area contributed by atoms with Crippen molar-refractivity contribution in [2.75, 3.05) is 7.11 Å². The highest BCUT2D eigenvalue weighted by atomic mass is 35.5. The molecule has 1 atom stereocenters. The number of rotatable bonds is 7. The highest BCUT2D eigenvalue weighted by molar-refractivity contribution is 6.42. The zero-order valence-corrected chi connectivity index (χ0v) is 18.1. The van der Waals surface area contributed by atoms with Crippen LogP contribution < -0.4 is 15.4 Å². The normalized spacial score (nSPS) is 16.0. The van der Waals surface area contributed by atoms with E-state index in [1.807, 2.05) is 25.1 Å². The summed E-state index contributed by atoms with van der Waals surface area (Å²) in [6.45, 7) is 2.30. The fraction of sp³-hybridized carbons (Fsp3) is 0.273. The number of halogens is 2. The van der Waals surface area contributed by atoms with Crippen LogP contribution >= 0.6 is 23.2 Å². The molecule has 0 fully saturated rings. The third-order valence-corrected chi connectivity index (χ3v) is 5.40. The van der Waals surface area contributed by atoms with Crippen LogP contribution in [0.25, 0.3) is 0 Å². The highest BCUT2D eigenvalue weighted by Gasteiger charge is 2.33. The fourth-order valence-corrected chi connectivity index (χ4v) is 3.54. The van der Waals surface area contributed by atoms with Crippen LogP contribution in [0.15, 0.2) is 53.7 Å². The first-order chi connectivity index (χ1) is 14.4. The summed E-state index contributed by atoms with van der Waals surface area (Å²) in [7, 11) is 1.33. The van der Waals surface area contributed by atoms with Gasteiger partial charge >= 0.3 is 12.0 Å². The first-order valence-electron chi connectivity index (χ1n) is 9.48. The third-order valence-electron chi connectivity index (χ3n) is 4.66. The van der Waals surface area contributed by atoms with Gasteiger partial charge in [-0.3, -0.25) is 0 Å². The standard InChI is InChI=1S/C22H22Cl2N2O4/c1-3-4-18-19(21(27)29-2)20(26-22(28)25-18)14-6-8-15(9-7-14)30-12-13-5-10-16(23)17(24)11-13/h5-11,20H,3-4,12H2,1-2H3,(H2,25,26,28). The molecule has 1 aliphatic rings. The number of esters is 1. The van der Waals surface area contributed by atoms with Gasteiger partial charge in [0.15, 0.2) is 0 Å². The Kier molecular flexibility index (Phi) is 7.24. The molecule has 2 aromatic carbocycles. The van der Waals surface area contributed by atoms with Crippen molar-refractivity contribution in [2.24, 2.45) is 0 Å². The predicted molar refractivity (Wildman–Crippen MR) is 116 cm³/mol. The molecule has 2 aromatic rings. The van der Waals surface area contributed by atoms with Gasteiger partial charge in [0.25, 0.3) is 0 Å². The van der Waals surface area contributed by atoms with Crippen LogP contribution in [-0.2, 0) is 16.1 Å². The van der Waals surface area contributed by atoms with Crippen molar-refractivity contribution in [2.45, 2.75) is 32.4 Å². The Hall–Kier alpha value is -2.70. The largest absolute Gasteiger partial charge is 0.489 e. The van der Waals surface area contributed by atoms with E-state index in [1.165, 1.54) is 7.11 Å². The lowest BCUT2D eigenvalue weighted by molar-refractivity contribution is -0.136. The van der Waals surface area contributed by atoms with E-state index in [4.69, 9.17) is 32.7 Å². The van der Waals surface area contributed by atoms with Crippen molar-refractivity contribution in [3.8, 4) is 5.75 Å². The molecule has 30 heavy (non-hydrogen) atoms. The molecule has 1 heterocycles. The van der Waals surface area contributed by atoms with Crippen LogP contribution in [0, 0.1) is 0 Å². The number of ether oxygens (including phenoxy) is 2. The molecule has 158 valence electrons. The minimum Gasteiger partial charge on any atom is -0.489 e. The van der Waals surface area contributed by atoms with Gasteiger partial charge in [-0.15, -0.1) is 0 Å². The van der Waals surface area contributed by atoms with Gasteiger partial charge in [-0.25, -0.2) is 9.59 Å². The molecular weight excluding hydrogens is 427 g/mol. The predicted octanol–water partition coefficient (Wildman–Crippen LogP) is 5.15. The lowest BCUT2D eigenvalue weighted by atomic mass is 9.94. The minimum atomic E-state index is -0.600. The first kappa shape index (κ1) is 22.0. The summed E-state index contributed by atoms with van der Waals surface area (Å²) in [6, 6.07) is 11.6. The summed E-state index contributed by atoms with van der Waals surface area (Å²) >= 11 is 12.0. The van der Waals surface area contributed by atoms with E-state index >= 15 is 0 Å². The van der Waals surface area contributed by atoms with E-state index in [-0.39, 0.29) is 6.03 Å². The number of carbonyl (C=O) groups is 2. The summed E-state index contributed by atoms with van der Waals surface area (Å²) < 4.78 is 10.8. The maximum absolute atomic E-state index is 12.4. The molecular formula is C22H22Cl2N2O4. The molecule has 0 aliphatic carbocycles. The molecule has 6 nitrogen and oxygen atoms in total. The molecule has 0 saturated carbocycles. The zero-order chi connectivity index (χ0) is 21.7. The molecule has 8 heteroatoms. The van der Waals surface area contributed by atoms with Gasteiger partial charge in [0.1, 0.15) is 12.4 Å². The van der Waals surface area contributed by atoms with E-state index in [2.05, 4.69) is 10.6 Å². The van der Waals surface area contributed by atoms with Gasteiger partial charge < -0.3 is 20.1 Å². The number of hydrogen-bond acceptors (Lipinski definition) is 4. The smallest absolute Gasteiger partial charge is 0.337 e. The molecule has 0 spiro atoms. The maximum Gasteiger partial charge on any atom is 0.337 e. The second-order valence-corrected chi connectivity index (χ2v) is 7.59. The van der Waals surface area contributed by atoms with Crippen molar-refractivity contribution in [3.63, 3.8) is 0 Å². The summed E-state index contributed by atoms with van der Waals surface area (Å²) in [4.78, 5) is 24.5. The summed E-state index contributed by atoms with van der Waals surface area (Å²) in [6.07, 6.45) is 1.35. The van der Waals surface area contributed by atoms with Crippen molar-refractivity contribution in [3.05, 3.63) is 74.9 Å². The Bertz CT molecular complexity index is 974. The Balaban J connectivity index is 1.79. The third kappa shape index (κ3) is 5.07. The SMILES string of the molecule is CCCC1=C(C(=O)OC)C(c2ccc(OCc3ccc(Cl)c(Cl)c3)cc2)NC(=O)N1. The average molecular weight is 449 g/mol. The fourth-order valence-electron chi connectivity index (χ4n) is 3.22. The number of hydrogen-bond donors (Lipinski definition) is 2. The number of benzene rings is 2. The van der Waals surface area contributed by atoms with Gasteiger partial charge in [0.05, 0.1) is 28.8 Å². The van der Waals surface area contributed by atoms with E-state index in [0.29, 0.717) is 40.1 Å². The molecule has 0 radical (unpaired) electrons. The van der Waals surface area contributed by atoms with Crippen molar-refractivity contribution >= 4 is 35.2 Å². The topological polar surface area (TPSA) is 76.7 Å². The molecule has 2 N–H and O–H groups in total. The summed E-state index contributed by atoms with van der Waals surface area (Å²) in [5.74, 6) is 0.165. The number of methoxy groups -OCH3 is 1. The van der Waals surface area contributed by atoms with Gasteiger partial charge in [-0.05, 0) is 41.8 Å². The second-order valence-electron chi connectivity index (χ2n) is 6.77.